The van der Waals surface area contributed by atoms with E-state index in [2.05, 4.69) is 140 Å². The Morgan fingerprint density at radius 1 is 0.325 bits per heavy atom. The molecule has 0 fully saturated rings. The highest BCUT2D eigenvalue weighted by Crippen LogP contribution is 2.46. The molecule has 0 saturated heterocycles. The van der Waals surface area contributed by atoms with Gasteiger partial charge >= 0.3 is 0 Å². The second kappa shape index (κ2) is 9.22. The summed E-state index contributed by atoms with van der Waals surface area (Å²) in [6, 6.07) is 54.7. The van der Waals surface area contributed by atoms with Crippen molar-refractivity contribution in [2.45, 2.75) is 0 Å². The second-order valence-electron chi connectivity index (χ2n) is 10.4. The summed E-state index contributed by atoms with van der Waals surface area (Å²) in [5.74, 6) is 0. The Hall–Kier alpha value is -5.20. The van der Waals surface area contributed by atoms with Crippen molar-refractivity contribution >= 4 is 43.1 Å². The number of benzene rings is 8. The standard InChI is InChI=1S/C40H26/c1-2-13-28(14-3-1)39-35-16-6-8-18-37(35)40(38-19-9-7-17-36(38)39)34-23-11-21-32-31(20-10-22-33(32)34)30-25-24-27-12-4-5-15-29(27)26-30/h1-26H/i1D. The fourth-order valence-corrected chi connectivity index (χ4v) is 6.42. The van der Waals surface area contributed by atoms with Crippen LogP contribution in [-0.4, -0.2) is 0 Å². The lowest BCUT2D eigenvalue weighted by atomic mass is 9.84. The molecule has 0 atom stereocenters. The van der Waals surface area contributed by atoms with Gasteiger partial charge in [-0.1, -0.05) is 152 Å². The highest BCUT2D eigenvalue weighted by Gasteiger charge is 2.18. The fourth-order valence-electron chi connectivity index (χ4n) is 6.42. The van der Waals surface area contributed by atoms with Crippen LogP contribution in [0.5, 0.6) is 0 Å². The lowest BCUT2D eigenvalue weighted by Crippen LogP contribution is -1.92. The molecule has 8 aromatic rings. The quantitative estimate of drug-likeness (QED) is 0.209. The van der Waals surface area contributed by atoms with Crippen molar-refractivity contribution in [1.29, 1.82) is 0 Å². The Labute approximate surface area is 235 Å². The molecule has 0 heteroatoms. The molecule has 0 aromatic heterocycles. The molecule has 0 unspecified atom stereocenters. The maximum Gasteiger partial charge on any atom is 0.0623 e. The third-order valence-corrected chi connectivity index (χ3v) is 8.19. The molecule has 0 aliphatic carbocycles. The highest BCUT2D eigenvalue weighted by molar-refractivity contribution is 6.24. The van der Waals surface area contributed by atoms with Gasteiger partial charge in [-0.05, 0) is 82.5 Å². The van der Waals surface area contributed by atoms with Crippen molar-refractivity contribution in [2.75, 3.05) is 0 Å². The van der Waals surface area contributed by atoms with Crippen molar-refractivity contribution < 1.29 is 1.37 Å². The van der Waals surface area contributed by atoms with E-state index in [1.54, 1.807) is 0 Å². The zero-order valence-electron chi connectivity index (χ0n) is 22.9. The van der Waals surface area contributed by atoms with E-state index >= 15 is 0 Å². The van der Waals surface area contributed by atoms with E-state index in [4.69, 9.17) is 1.37 Å². The van der Waals surface area contributed by atoms with Crippen molar-refractivity contribution in [3.63, 3.8) is 0 Å². The zero-order valence-corrected chi connectivity index (χ0v) is 21.9. The molecule has 40 heavy (non-hydrogen) atoms. The van der Waals surface area contributed by atoms with Crippen LogP contribution in [0.2, 0.25) is 0 Å². The average molecular weight is 508 g/mol. The van der Waals surface area contributed by atoms with Gasteiger partial charge in [0, 0.05) is 0 Å². The molecule has 8 aromatic carbocycles. The summed E-state index contributed by atoms with van der Waals surface area (Å²) < 4.78 is 8.02. The van der Waals surface area contributed by atoms with Gasteiger partial charge in [-0.2, -0.15) is 0 Å². The van der Waals surface area contributed by atoms with Crippen LogP contribution >= 0.6 is 0 Å². The summed E-state index contributed by atoms with van der Waals surface area (Å²) >= 11 is 0. The van der Waals surface area contributed by atoms with Crippen LogP contribution in [0.4, 0.5) is 0 Å². The lowest BCUT2D eigenvalue weighted by Gasteiger charge is -2.19. The number of rotatable bonds is 3. The van der Waals surface area contributed by atoms with Crippen molar-refractivity contribution in [2.24, 2.45) is 0 Å². The SMILES string of the molecule is [2H]c1ccc(-c2c3ccccc3c(-c3cccc4c(-c5ccc6ccccc6c5)cccc34)c3ccccc23)cc1. The van der Waals surface area contributed by atoms with Gasteiger partial charge in [0.1, 0.15) is 0 Å². The third-order valence-electron chi connectivity index (χ3n) is 8.19. The Balaban J connectivity index is 1.44. The van der Waals surface area contributed by atoms with Crippen molar-refractivity contribution in [3.8, 4) is 33.4 Å². The molecule has 0 saturated carbocycles. The first-order valence-corrected chi connectivity index (χ1v) is 13.8. The predicted molar refractivity (Wildman–Crippen MR) is 173 cm³/mol. The van der Waals surface area contributed by atoms with E-state index in [0.29, 0.717) is 6.04 Å². The summed E-state index contributed by atoms with van der Waals surface area (Å²) in [7, 11) is 0. The lowest BCUT2D eigenvalue weighted by molar-refractivity contribution is 1.65. The van der Waals surface area contributed by atoms with Gasteiger partial charge in [-0.15, -0.1) is 0 Å². The Morgan fingerprint density at radius 3 is 1.52 bits per heavy atom. The summed E-state index contributed by atoms with van der Waals surface area (Å²) in [6.07, 6.45) is 0. The van der Waals surface area contributed by atoms with Gasteiger partial charge in [-0.25, -0.2) is 0 Å². The van der Waals surface area contributed by atoms with Gasteiger partial charge < -0.3 is 0 Å². The first kappa shape index (κ1) is 21.7. The van der Waals surface area contributed by atoms with Gasteiger partial charge in [0.2, 0.25) is 0 Å². The molecule has 186 valence electrons. The van der Waals surface area contributed by atoms with Gasteiger partial charge in [0.15, 0.2) is 0 Å². The summed E-state index contributed by atoms with van der Waals surface area (Å²) in [5, 5.41) is 9.93. The Kier molecular flexibility index (Phi) is 5.00. The molecular weight excluding hydrogens is 480 g/mol. The molecule has 0 amide bonds. The van der Waals surface area contributed by atoms with Crippen LogP contribution in [0.1, 0.15) is 1.37 Å². The van der Waals surface area contributed by atoms with Gasteiger partial charge in [0.25, 0.3) is 0 Å². The maximum atomic E-state index is 8.02. The number of fused-ring (bicyclic) bond motifs is 4. The first-order valence-electron chi connectivity index (χ1n) is 14.3. The third kappa shape index (κ3) is 3.54. The molecule has 0 nitrogen and oxygen atoms in total. The van der Waals surface area contributed by atoms with E-state index in [1.807, 2.05) is 12.1 Å². The van der Waals surface area contributed by atoms with Gasteiger partial charge in [0.05, 0.1) is 1.37 Å². The smallest absolute Gasteiger partial charge is 0.0622 e. The monoisotopic (exact) mass is 507 g/mol. The summed E-state index contributed by atoms with van der Waals surface area (Å²) in [4.78, 5) is 0. The number of hydrogen-bond donors (Lipinski definition) is 0. The minimum atomic E-state index is 0.525. The van der Waals surface area contributed by atoms with E-state index in [0.717, 1.165) is 5.56 Å². The first-order chi connectivity index (χ1) is 20.3. The predicted octanol–water partition coefficient (Wildman–Crippen LogP) is 11.3. The molecule has 0 radical (unpaired) electrons. The topological polar surface area (TPSA) is 0 Å². The summed E-state index contributed by atoms with van der Waals surface area (Å²) in [5.41, 5.74) is 7.34. The fraction of sp³-hybridized carbons (Fsp3) is 0. The Morgan fingerprint density at radius 2 is 0.850 bits per heavy atom. The minimum Gasteiger partial charge on any atom is -0.0622 e. The minimum absolute atomic E-state index is 0.525. The van der Waals surface area contributed by atoms with Crippen molar-refractivity contribution in [3.05, 3.63) is 158 Å². The molecule has 0 heterocycles. The highest BCUT2D eigenvalue weighted by atomic mass is 14.2. The molecule has 0 aliphatic rings. The van der Waals surface area contributed by atoms with Crippen molar-refractivity contribution in [1.82, 2.24) is 0 Å². The number of hydrogen-bond acceptors (Lipinski definition) is 0. The van der Waals surface area contributed by atoms with Crippen LogP contribution < -0.4 is 0 Å². The van der Waals surface area contributed by atoms with Crippen LogP contribution in [0.25, 0.3) is 76.5 Å². The average Bonchev–Trinajstić information content (AvgIpc) is 3.03. The normalized spacial score (nSPS) is 11.8. The second-order valence-corrected chi connectivity index (χ2v) is 10.4. The van der Waals surface area contributed by atoms with E-state index < -0.39 is 0 Å². The summed E-state index contributed by atoms with van der Waals surface area (Å²) in [6.45, 7) is 0. The van der Waals surface area contributed by atoms with E-state index in [9.17, 15) is 0 Å². The molecular formula is C40H26. The van der Waals surface area contributed by atoms with Crippen LogP contribution in [0.15, 0.2) is 158 Å². The largest absolute Gasteiger partial charge is 0.0623 e. The van der Waals surface area contributed by atoms with Crippen LogP contribution in [0.3, 0.4) is 0 Å². The van der Waals surface area contributed by atoms with Gasteiger partial charge in [-0.3, -0.25) is 0 Å². The van der Waals surface area contributed by atoms with E-state index in [-0.39, 0.29) is 0 Å². The van der Waals surface area contributed by atoms with Crippen LogP contribution in [0, 0.1) is 0 Å². The van der Waals surface area contributed by atoms with Crippen LogP contribution in [-0.2, 0) is 0 Å². The van der Waals surface area contributed by atoms with E-state index in [1.165, 1.54) is 70.9 Å². The molecule has 0 bridgehead atoms. The zero-order chi connectivity index (χ0) is 27.3. The molecule has 8 rings (SSSR count). The maximum absolute atomic E-state index is 8.02. The Bertz CT molecular complexity index is 2200. The molecule has 0 aliphatic heterocycles. The molecule has 0 N–H and O–H groups in total. The molecule has 0 spiro atoms.